The molecule has 0 spiro atoms. The summed E-state index contributed by atoms with van der Waals surface area (Å²) >= 11 is 0. The van der Waals surface area contributed by atoms with Gasteiger partial charge < -0.3 is 14.6 Å². The smallest absolute Gasteiger partial charge is 0.378 e. The number of aromatic nitrogens is 2. The maximum absolute atomic E-state index is 13.7. The molecule has 2 aliphatic heterocycles. The molecule has 1 aromatic heterocycles. The minimum atomic E-state index is -5.04. The third kappa shape index (κ3) is 6.58. The van der Waals surface area contributed by atoms with Crippen LogP contribution in [-0.4, -0.2) is 42.3 Å². The Morgan fingerprint density at radius 3 is 2.02 bits per heavy atom. The standard InChI is InChI=1S/C29H28F9N5O/c1-2-20-14-22(21-13-17(27(30,31)32)3-4-24(21)43(20)39)26-40-15-25(42-5-7-44-8-6-42)23(41-26)11-16-9-18(28(33,34)35)12-19(10-16)29(36,37)38/h3-4,9-10,12-13,15,20,22H,2,5-8,11,14,39H2,1H3/t20-,22+/m1/s1. The molecule has 1 saturated heterocycles. The van der Waals surface area contributed by atoms with Crippen LogP contribution in [0.1, 0.15) is 65.0 Å². The summed E-state index contributed by atoms with van der Waals surface area (Å²) < 4.78 is 128. The Morgan fingerprint density at radius 1 is 0.841 bits per heavy atom. The van der Waals surface area contributed by atoms with Crippen molar-refractivity contribution in [2.75, 3.05) is 36.2 Å². The van der Waals surface area contributed by atoms with E-state index >= 15 is 0 Å². The van der Waals surface area contributed by atoms with Crippen molar-refractivity contribution in [2.45, 2.75) is 56.7 Å². The first-order valence-corrected chi connectivity index (χ1v) is 13.8. The highest BCUT2D eigenvalue weighted by atomic mass is 19.4. The zero-order valence-electron chi connectivity index (χ0n) is 23.3. The van der Waals surface area contributed by atoms with Gasteiger partial charge in [-0.1, -0.05) is 6.92 Å². The molecule has 0 aliphatic carbocycles. The van der Waals surface area contributed by atoms with Crippen molar-refractivity contribution in [3.8, 4) is 0 Å². The normalized spacial score (nSPS) is 19.7. The first-order chi connectivity index (χ1) is 20.6. The molecule has 0 bridgehead atoms. The van der Waals surface area contributed by atoms with Gasteiger partial charge in [-0.25, -0.2) is 15.8 Å². The summed E-state index contributed by atoms with van der Waals surface area (Å²) in [4.78, 5) is 10.9. The zero-order valence-corrected chi connectivity index (χ0v) is 23.3. The quantitative estimate of drug-likeness (QED) is 0.242. The van der Waals surface area contributed by atoms with E-state index in [1.165, 1.54) is 17.3 Å². The van der Waals surface area contributed by atoms with Crippen LogP contribution < -0.4 is 15.8 Å². The molecule has 0 unspecified atom stereocenters. The summed E-state index contributed by atoms with van der Waals surface area (Å²) in [6.07, 6.45) is -12.9. The van der Waals surface area contributed by atoms with Gasteiger partial charge in [-0.2, -0.15) is 39.5 Å². The fourth-order valence-corrected chi connectivity index (χ4v) is 5.67. The first-order valence-electron chi connectivity index (χ1n) is 13.8. The molecule has 5 rings (SSSR count). The average molecular weight is 634 g/mol. The largest absolute Gasteiger partial charge is 0.416 e. The number of hydrogen-bond donors (Lipinski definition) is 1. The lowest BCUT2D eigenvalue weighted by atomic mass is 9.84. The van der Waals surface area contributed by atoms with E-state index < -0.39 is 47.6 Å². The molecular weight excluding hydrogens is 605 g/mol. The van der Waals surface area contributed by atoms with Crippen molar-refractivity contribution in [1.82, 2.24) is 9.97 Å². The Labute approximate surface area is 246 Å². The molecular formula is C29H28F9N5O. The summed E-state index contributed by atoms with van der Waals surface area (Å²) in [5.74, 6) is 5.58. The van der Waals surface area contributed by atoms with Crippen LogP contribution in [0.15, 0.2) is 42.6 Å². The van der Waals surface area contributed by atoms with Gasteiger partial charge in [0.2, 0.25) is 0 Å². The lowest BCUT2D eigenvalue weighted by Crippen LogP contribution is -2.45. The minimum absolute atomic E-state index is 0.0540. The molecule has 2 N–H and O–H groups in total. The van der Waals surface area contributed by atoms with Crippen LogP contribution >= 0.6 is 0 Å². The number of hydrogen-bond acceptors (Lipinski definition) is 6. The van der Waals surface area contributed by atoms with Gasteiger partial charge in [0.15, 0.2) is 0 Å². The number of fused-ring (bicyclic) bond motifs is 1. The number of rotatable bonds is 5. The fraction of sp³-hybridized carbons (Fsp3) is 0.448. The van der Waals surface area contributed by atoms with Crippen LogP contribution in [0, 0.1) is 0 Å². The Kier molecular flexibility index (Phi) is 8.48. The Hall–Kier alpha value is -3.59. The topological polar surface area (TPSA) is 67.5 Å². The van der Waals surface area contributed by atoms with Gasteiger partial charge in [0.1, 0.15) is 5.82 Å². The van der Waals surface area contributed by atoms with Crippen LogP contribution in [0.2, 0.25) is 0 Å². The molecule has 6 nitrogen and oxygen atoms in total. The Morgan fingerprint density at radius 2 is 1.45 bits per heavy atom. The van der Waals surface area contributed by atoms with Gasteiger partial charge in [0.25, 0.3) is 0 Å². The zero-order chi connectivity index (χ0) is 32.0. The fourth-order valence-electron chi connectivity index (χ4n) is 5.67. The summed E-state index contributed by atoms with van der Waals surface area (Å²) in [5, 5.41) is 1.40. The maximum atomic E-state index is 13.7. The van der Waals surface area contributed by atoms with Crippen LogP contribution in [0.25, 0.3) is 0 Å². The lowest BCUT2D eigenvalue weighted by Gasteiger charge is -2.39. The number of alkyl halides is 9. The summed E-state index contributed by atoms with van der Waals surface area (Å²) in [7, 11) is 0. The van der Waals surface area contributed by atoms with Gasteiger partial charge in [0.05, 0.1) is 53.2 Å². The second-order valence-corrected chi connectivity index (χ2v) is 10.8. The number of ether oxygens (including phenoxy) is 1. The number of benzene rings is 2. The van der Waals surface area contributed by atoms with E-state index in [0.29, 0.717) is 56.2 Å². The minimum Gasteiger partial charge on any atom is -0.378 e. The molecule has 0 radical (unpaired) electrons. The SMILES string of the molecule is CC[C@@H]1C[C@H](c2ncc(N3CCOCC3)c(Cc3cc(C(F)(F)F)cc(C(F)(F)F)c3)n2)c2cc(C(F)(F)F)ccc2N1N. The molecule has 3 heterocycles. The number of anilines is 2. The third-order valence-corrected chi connectivity index (χ3v) is 7.93. The van der Waals surface area contributed by atoms with Gasteiger partial charge in [-0.3, -0.25) is 0 Å². The number of halogens is 9. The second-order valence-electron chi connectivity index (χ2n) is 10.8. The van der Waals surface area contributed by atoms with Gasteiger partial charge in [0, 0.05) is 31.5 Å². The number of morpholine rings is 1. The molecule has 0 saturated carbocycles. The first kappa shape index (κ1) is 31.8. The van der Waals surface area contributed by atoms with Crippen molar-refractivity contribution in [1.29, 1.82) is 0 Å². The van der Waals surface area contributed by atoms with Crippen molar-refractivity contribution < 1.29 is 44.3 Å². The van der Waals surface area contributed by atoms with Crippen molar-refractivity contribution in [3.63, 3.8) is 0 Å². The van der Waals surface area contributed by atoms with E-state index in [-0.39, 0.29) is 41.2 Å². The summed E-state index contributed by atoms with van der Waals surface area (Å²) in [6.45, 7) is 3.24. The van der Waals surface area contributed by atoms with Crippen LogP contribution in [0.3, 0.4) is 0 Å². The number of hydrazine groups is 1. The summed E-state index contributed by atoms with van der Waals surface area (Å²) in [6, 6.07) is 4.22. The second kappa shape index (κ2) is 11.7. The van der Waals surface area contributed by atoms with Gasteiger partial charge in [-0.15, -0.1) is 0 Å². The van der Waals surface area contributed by atoms with Crippen LogP contribution in [0.4, 0.5) is 50.9 Å². The van der Waals surface area contributed by atoms with E-state index in [4.69, 9.17) is 10.6 Å². The Bertz CT molecular complexity index is 1470. The highest BCUT2D eigenvalue weighted by Gasteiger charge is 2.39. The number of nitrogens with zero attached hydrogens (tertiary/aromatic N) is 4. The molecule has 2 aromatic carbocycles. The molecule has 238 valence electrons. The van der Waals surface area contributed by atoms with E-state index in [1.807, 2.05) is 11.8 Å². The molecule has 2 aliphatic rings. The maximum Gasteiger partial charge on any atom is 0.416 e. The molecule has 3 aromatic rings. The van der Waals surface area contributed by atoms with E-state index in [2.05, 4.69) is 9.97 Å². The van der Waals surface area contributed by atoms with Gasteiger partial charge >= 0.3 is 18.5 Å². The van der Waals surface area contributed by atoms with Crippen molar-refractivity contribution >= 4 is 11.4 Å². The van der Waals surface area contributed by atoms with E-state index in [9.17, 15) is 39.5 Å². The molecule has 44 heavy (non-hydrogen) atoms. The molecule has 15 heteroatoms. The molecule has 1 fully saturated rings. The predicted molar refractivity (Wildman–Crippen MR) is 143 cm³/mol. The highest BCUT2D eigenvalue weighted by Crippen LogP contribution is 2.44. The van der Waals surface area contributed by atoms with Gasteiger partial charge in [-0.05, 0) is 60.4 Å². The monoisotopic (exact) mass is 633 g/mol. The third-order valence-electron chi connectivity index (χ3n) is 7.93. The number of nitrogens with two attached hydrogens (primary N) is 1. The van der Waals surface area contributed by atoms with Crippen LogP contribution in [-0.2, 0) is 29.7 Å². The Balaban J connectivity index is 1.64. The predicted octanol–water partition coefficient (Wildman–Crippen LogP) is 6.95. The van der Waals surface area contributed by atoms with Crippen LogP contribution in [0.5, 0.6) is 0 Å². The highest BCUT2D eigenvalue weighted by molar-refractivity contribution is 5.61. The van der Waals surface area contributed by atoms with Crippen molar-refractivity contribution in [2.24, 2.45) is 5.84 Å². The van der Waals surface area contributed by atoms with Crippen molar-refractivity contribution in [3.05, 3.63) is 81.9 Å². The molecule has 0 amide bonds. The molecule has 2 atom stereocenters. The van der Waals surface area contributed by atoms with E-state index in [1.54, 1.807) is 0 Å². The van der Waals surface area contributed by atoms with E-state index in [0.717, 1.165) is 12.1 Å². The average Bonchev–Trinajstić information content (AvgIpc) is 2.96. The summed E-state index contributed by atoms with van der Waals surface area (Å²) in [5.41, 5.74) is -3.02. The lowest BCUT2D eigenvalue weighted by molar-refractivity contribution is -0.143.